The number of hydrogen-bond donors (Lipinski definition) is 1. The highest BCUT2D eigenvalue weighted by Gasteiger charge is 2.31. The van der Waals surface area contributed by atoms with Crippen molar-refractivity contribution in [3.05, 3.63) is 34.7 Å². The number of rotatable bonds is 1. The second-order valence-electron chi connectivity index (χ2n) is 4.96. The average Bonchev–Trinajstić information content (AvgIpc) is 2.85. The molecule has 0 radical (unpaired) electrons. The largest absolute Gasteiger partial charge is 0.308 e. The molecular weight excluding hydrogens is 234 g/mol. The van der Waals surface area contributed by atoms with Gasteiger partial charge in [-0.3, -0.25) is 0 Å². The maximum atomic E-state index is 11.7. The molecule has 1 aromatic carbocycles. The van der Waals surface area contributed by atoms with Gasteiger partial charge in [0.2, 0.25) is 0 Å². The standard InChI is InChI=1S/C13H15NO2S/c1-13(6-2-7-14-13)11-3-4-12-10(9-11)5-8-17(12,15)16/h3-5,8-9,14H,2,6-7H2,1H3. The van der Waals surface area contributed by atoms with E-state index < -0.39 is 9.84 Å². The summed E-state index contributed by atoms with van der Waals surface area (Å²) in [6.07, 6.45) is 3.95. The van der Waals surface area contributed by atoms with Crippen LogP contribution in [0.3, 0.4) is 0 Å². The van der Waals surface area contributed by atoms with Crippen LogP contribution in [0, 0.1) is 0 Å². The van der Waals surface area contributed by atoms with Crippen molar-refractivity contribution in [3.8, 4) is 0 Å². The van der Waals surface area contributed by atoms with E-state index in [0.717, 1.165) is 18.5 Å². The molecule has 1 aromatic rings. The summed E-state index contributed by atoms with van der Waals surface area (Å²) in [4.78, 5) is 0.433. The first-order valence-electron chi connectivity index (χ1n) is 5.84. The Morgan fingerprint density at radius 1 is 1.35 bits per heavy atom. The first-order valence-corrected chi connectivity index (χ1v) is 7.39. The zero-order chi connectivity index (χ0) is 12.1. The van der Waals surface area contributed by atoms with Crippen molar-refractivity contribution in [2.24, 2.45) is 0 Å². The summed E-state index contributed by atoms with van der Waals surface area (Å²) in [5.41, 5.74) is 1.99. The lowest BCUT2D eigenvalue weighted by molar-refractivity contribution is 0.434. The van der Waals surface area contributed by atoms with Crippen LogP contribution in [0.15, 0.2) is 28.5 Å². The van der Waals surface area contributed by atoms with Crippen LogP contribution in [0.5, 0.6) is 0 Å². The third-order valence-corrected chi connectivity index (χ3v) is 5.23. The molecule has 1 fully saturated rings. The molecule has 4 heteroatoms. The molecule has 1 N–H and O–H groups in total. The molecule has 0 bridgehead atoms. The molecule has 0 aliphatic carbocycles. The lowest BCUT2D eigenvalue weighted by Gasteiger charge is -2.25. The van der Waals surface area contributed by atoms with Crippen molar-refractivity contribution in [2.45, 2.75) is 30.2 Å². The summed E-state index contributed by atoms with van der Waals surface area (Å²) in [6, 6.07) is 5.65. The second-order valence-corrected chi connectivity index (χ2v) is 6.76. The first kappa shape index (κ1) is 11.0. The predicted molar refractivity (Wildman–Crippen MR) is 67.3 cm³/mol. The first-order chi connectivity index (χ1) is 8.01. The lowest BCUT2D eigenvalue weighted by atomic mass is 9.89. The average molecular weight is 249 g/mol. The fourth-order valence-corrected chi connectivity index (χ4v) is 3.84. The molecule has 2 heterocycles. The molecule has 0 amide bonds. The molecular formula is C13H15NO2S. The van der Waals surface area contributed by atoms with E-state index >= 15 is 0 Å². The molecule has 1 saturated heterocycles. The molecule has 0 spiro atoms. The smallest absolute Gasteiger partial charge is 0.200 e. The normalized spacial score (nSPS) is 29.5. The van der Waals surface area contributed by atoms with Crippen molar-refractivity contribution in [2.75, 3.05) is 6.54 Å². The molecule has 3 nitrogen and oxygen atoms in total. The zero-order valence-corrected chi connectivity index (χ0v) is 10.5. The zero-order valence-electron chi connectivity index (χ0n) is 9.73. The number of hydrogen-bond acceptors (Lipinski definition) is 3. The third kappa shape index (κ3) is 1.63. The van der Waals surface area contributed by atoms with Crippen LogP contribution >= 0.6 is 0 Å². The number of sulfone groups is 1. The van der Waals surface area contributed by atoms with Gasteiger partial charge >= 0.3 is 0 Å². The van der Waals surface area contributed by atoms with Crippen LogP contribution in [-0.4, -0.2) is 15.0 Å². The van der Waals surface area contributed by atoms with Gasteiger partial charge < -0.3 is 5.32 Å². The van der Waals surface area contributed by atoms with E-state index in [0.29, 0.717) is 4.90 Å². The Hall–Kier alpha value is -1.13. The van der Waals surface area contributed by atoms with Crippen LogP contribution in [0.1, 0.15) is 30.9 Å². The van der Waals surface area contributed by atoms with E-state index in [2.05, 4.69) is 12.2 Å². The quantitative estimate of drug-likeness (QED) is 0.828. The molecule has 0 aromatic heterocycles. The Morgan fingerprint density at radius 2 is 2.18 bits per heavy atom. The number of nitrogens with one attached hydrogen (secondary N) is 1. The van der Waals surface area contributed by atoms with Crippen molar-refractivity contribution < 1.29 is 8.42 Å². The second kappa shape index (κ2) is 3.43. The Morgan fingerprint density at radius 3 is 2.88 bits per heavy atom. The van der Waals surface area contributed by atoms with Gasteiger partial charge in [0.15, 0.2) is 9.84 Å². The number of fused-ring (bicyclic) bond motifs is 1. The van der Waals surface area contributed by atoms with Gasteiger partial charge in [0, 0.05) is 10.9 Å². The van der Waals surface area contributed by atoms with Crippen molar-refractivity contribution in [1.29, 1.82) is 0 Å². The lowest BCUT2D eigenvalue weighted by Crippen LogP contribution is -2.33. The van der Waals surface area contributed by atoms with E-state index in [9.17, 15) is 8.42 Å². The Labute approximate surface area is 101 Å². The van der Waals surface area contributed by atoms with Crippen molar-refractivity contribution in [3.63, 3.8) is 0 Å². The molecule has 17 heavy (non-hydrogen) atoms. The van der Waals surface area contributed by atoms with E-state index in [1.165, 1.54) is 17.4 Å². The molecule has 1 unspecified atom stereocenters. The SMILES string of the molecule is CC1(c2ccc3c(c2)C=CS3(=O)=O)CCCN1. The molecule has 0 saturated carbocycles. The Bertz CT molecular complexity index is 596. The van der Waals surface area contributed by atoms with E-state index in [1.54, 1.807) is 12.1 Å². The van der Waals surface area contributed by atoms with E-state index in [-0.39, 0.29) is 5.54 Å². The van der Waals surface area contributed by atoms with Crippen LogP contribution in [-0.2, 0) is 15.4 Å². The Balaban J connectivity index is 2.09. The van der Waals surface area contributed by atoms with Crippen LogP contribution < -0.4 is 5.32 Å². The molecule has 2 aliphatic heterocycles. The van der Waals surface area contributed by atoms with E-state index in [4.69, 9.17) is 0 Å². The van der Waals surface area contributed by atoms with Crippen LogP contribution in [0.2, 0.25) is 0 Å². The van der Waals surface area contributed by atoms with Crippen molar-refractivity contribution >= 4 is 15.9 Å². The number of benzene rings is 1. The maximum absolute atomic E-state index is 11.7. The van der Waals surface area contributed by atoms with Gasteiger partial charge in [-0.2, -0.15) is 0 Å². The van der Waals surface area contributed by atoms with Gasteiger partial charge in [0.05, 0.1) is 4.90 Å². The van der Waals surface area contributed by atoms with E-state index in [1.807, 2.05) is 12.1 Å². The highest BCUT2D eigenvalue weighted by Crippen LogP contribution is 2.34. The topological polar surface area (TPSA) is 46.2 Å². The molecule has 1 atom stereocenters. The fourth-order valence-electron chi connectivity index (χ4n) is 2.66. The van der Waals surface area contributed by atoms with Gasteiger partial charge in [-0.05, 0) is 55.6 Å². The summed E-state index contributed by atoms with van der Waals surface area (Å²) in [6.45, 7) is 3.20. The molecule has 90 valence electrons. The van der Waals surface area contributed by atoms with Crippen LogP contribution in [0.25, 0.3) is 6.08 Å². The van der Waals surface area contributed by atoms with Gasteiger partial charge in [-0.25, -0.2) is 8.42 Å². The van der Waals surface area contributed by atoms with Gasteiger partial charge in [-0.1, -0.05) is 6.07 Å². The van der Waals surface area contributed by atoms with Gasteiger partial charge in [0.25, 0.3) is 0 Å². The predicted octanol–water partition coefficient (Wildman–Crippen LogP) is 2.04. The minimum Gasteiger partial charge on any atom is -0.308 e. The third-order valence-electron chi connectivity index (χ3n) is 3.75. The van der Waals surface area contributed by atoms with Gasteiger partial charge in [-0.15, -0.1) is 0 Å². The minimum absolute atomic E-state index is 0.00474. The maximum Gasteiger partial charge on any atom is 0.200 e. The summed E-state index contributed by atoms with van der Waals surface area (Å²) < 4.78 is 23.3. The minimum atomic E-state index is -3.17. The monoisotopic (exact) mass is 249 g/mol. The molecule has 3 rings (SSSR count). The highest BCUT2D eigenvalue weighted by atomic mass is 32.2. The van der Waals surface area contributed by atoms with Crippen molar-refractivity contribution in [1.82, 2.24) is 5.32 Å². The summed E-state index contributed by atoms with van der Waals surface area (Å²) in [5, 5.41) is 4.77. The van der Waals surface area contributed by atoms with Crippen LogP contribution in [0.4, 0.5) is 0 Å². The summed E-state index contributed by atoms with van der Waals surface area (Å²) >= 11 is 0. The van der Waals surface area contributed by atoms with Gasteiger partial charge in [0.1, 0.15) is 0 Å². The summed E-state index contributed by atoms with van der Waals surface area (Å²) in [5.74, 6) is 0. The molecule has 2 aliphatic rings. The fraction of sp³-hybridized carbons (Fsp3) is 0.385. The highest BCUT2D eigenvalue weighted by molar-refractivity contribution is 7.94. The summed E-state index contributed by atoms with van der Waals surface area (Å²) in [7, 11) is -3.17. The Kier molecular flexibility index (Phi) is 2.22.